The number of fused-ring (bicyclic) bond motifs is 1. The number of hydrogen-bond acceptors (Lipinski definition) is 5. The van der Waals surface area contributed by atoms with Gasteiger partial charge in [0, 0.05) is 38.0 Å². The normalized spacial score (nSPS) is 14.2. The molecule has 5 rings (SSSR count). The van der Waals surface area contributed by atoms with Gasteiger partial charge in [0.15, 0.2) is 0 Å². The maximum absolute atomic E-state index is 14.1. The van der Waals surface area contributed by atoms with Crippen molar-refractivity contribution >= 4 is 34.0 Å². The van der Waals surface area contributed by atoms with Crippen LogP contribution in [-0.4, -0.2) is 36.1 Å². The SMILES string of the molecule is Fc1ccccc1N1CCN(c2cc(SCc3cccc4ccccc34)ncn2)CC1. The first-order valence-electron chi connectivity index (χ1n) is 10.4. The van der Waals surface area contributed by atoms with Crippen LogP contribution in [-0.2, 0) is 5.75 Å². The van der Waals surface area contributed by atoms with Gasteiger partial charge in [-0.3, -0.25) is 0 Å². The second-order valence-electron chi connectivity index (χ2n) is 7.57. The zero-order chi connectivity index (χ0) is 21.0. The van der Waals surface area contributed by atoms with Crippen molar-refractivity contribution in [2.75, 3.05) is 36.0 Å². The summed E-state index contributed by atoms with van der Waals surface area (Å²) in [6, 6.07) is 24.0. The van der Waals surface area contributed by atoms with Gasteiger partial charge in [0.2, 0.25) is 0 Å². The molecule has 1 fully saturated rings. The molecule has 0 N–H and O–H groups in total. The van der Waals surface area contributed by atoms with Gasteiger partial charge in [-0.15, -0.1) is 11.8 Å². The van der Waals surface area contributed by atoms with Crippen LogP contribution in [0.3, 0.4) is 0 Å². The van der Waals surface area contributed by atoms with Gasteiger partial charge in [-0.2, -0.15) is 0 Å². The molecule has 0 saturated carbocycles. The monoisotopic (exact) mass is 430 g/mol. The summed E-state index contributed by atoms with van der Waals surface area (Å²) in [5, 5.41) is 3.52. The van der Waals surface area contributed by atoms with Crippen LogP contribution in [0.15, 0.2) is 84.1 Å². The lowest BCUT2D eigenvalue weighted by atomic mass is 10.1. The van der Waals surface area contributed by atoms with Gasteiger partial charge < -0.3 is 9.80 Å². The standard InChI is InChI=1S/C25H23FN4S/c26-22-10-3-4-11-23(22)29-12-14-30(15-13-29)24-16-25(28-18-27-24)31-17-20-8-5-7-19-6-1-2-9-21(19)20/h1-11,16,18H,12-15,17H2. The van der Waals surface area contributed by atoms with E-state index in [9.17, 15) is 4.39 Å². The zero-order valence-electron chi connectivity index (χ0n) is 17.1. The van der Waals surface area contributed by atoms with Gasteiger partial charge in [0.1, 0.15) is 23.0 Å². The van der Waals surface area contributed by atoms with E-state index in [0.29, 0.717) is 5.69 Å². The number of thioether (sulfide) groups is 1. The summed E-state index contributed by atoms with van der Waals surface area (Å²) >= 11 is 1.73. The molecule has 1 aliphatic heterocycles. The van der Waals surface area contributed by atoms with Crippen LogP contribution < -0.4 is 9.80 Å². The van der Waals surface area contributed by atoms with E-state index in [2.05, 4.69) is 68.3 Å². The van der Waals surface area contributed by atoms with Crippen molar-refractivity contribution in [2.24, 2.45) is 0 Å². The summed E-state index contributed by atoms with van der Waals surface area (Å²) in [6.07, 6.45) is 1.64. The largest absolute Gasteiger partial charge is 0.366 e. The Kier molecular flexibility index (Phi) is 5.71. The number of rotatable bonds is 5. The van der Waals surface area contributed by atoms with Crippen molar-refractivity contribution in [1.82, 2.24) is 9.97 Å². The summed E-state index contributed by atoms with van der Waals surface area (Å²) in [5.74, 6) is 1.63. The molecule has 0 bridgehead atoms. The lowest BCUT2D eigenvalue weighted by Crippen LogP contribution is -2.47. The molecule has 0 unspecified atom stereocenters. The number of aromatic nitrogens is 2. The van der Waals surface area contributed by atoms with Crippen molar-refractivity contribution < 1.29 is 4.39 Å². The number of piperazine rings is 1. The number of benzene rings is 3. The van der Waals surface area contributed by atoms with E-state index in [1.807, 2.05) is 12.1 Å². The van der Waals surface area contributed by atoms with Crippen LogP contribution in [0.5, 0.6) is 0 Å². The topological polar surface area (TPSA) is 32.3 Å². The van der Waals surface area contributed by atoms with Crippen LogP contribution in [0.2, 0.25) is 0 Å². The Bertz CT molecular complexity index is 1190. The minimum atomic E-state index is -0.162. The molecule has 4 aromatic rings. The lowest BCUT2D eigenvalue weighted by molar-refractivity contribution is 0.595. The molecule has 3 aromatic carbocycles. The van der Waals surface area contributed by atoms with E-state index < -0.39 is 0 Å². The Labute approximate surface area is 185 Å². The van der Waals surface area contributed by atoms with E-state index in [4.69, 9.17) is 0 Å². The first-order chi connectivity index (χ1) is 15.3. The second kappa shape index (κ2) is 8.94. The van der Waals surface area contributed by atoms with Crippen molar-refractivity contribution in [2.45, 2.75) is 10.8 Å². The number of para-hydroxylation sites is 1. The quantitative estimate of drug-likeness (QED) is 0.313. The van der Waals surface area contributed by atoms with Gasteiger partial charge in [0.25, 0.3) is 0 Å². The average Bonchev–Trinajstić information content (AvgIpc) is 2.83. The summed E-state index contributed by atoms with van der Waals surface area (Å²) in [5.41, 5.74) is 1.98. The van der Waals surface area contributed by atoms with Crippen LogP contribution >= 0.6 is 11.8 Å². The summed E-state index contributed by atoms with van der Waals surface area (Å²) in [4.78, 5) is 13.3. The molecule has 1 saturated heterocycles. The van der Waals surface area contributed by atoms with Gasteiger partial charge in [-0.05, 0) is 28.5 Å². The van der Waals surface area contributed by atoms with Crippen molar-refractivity contribution in [1.29, 1.82) is 0 Å². The minimum Gasteiger partial charge on any atom is -0.366 e. The number of nitrogens with zero attached hydrogens (tertiary/aromatic N) is 4. The molecule has 0 radical (unpaired) electrons. The summed E-state index contributed by atoms with van der Waals surface area (Å²) in [6.45, 7) is 3.14. The summed E-state index contributed by atoms with van der Waals surface area (Å²) in [7, 11) is 0. The molecule has 2 heterocycles. The van der Waals surface area contributed by atoms with E-state index in [1.54, 1.807) is 24.2 Å². The zero-order valence-corrected chi connectivity index (χ0v) is 17.9. The highest BCUT2D eigenvalue weighted by Crippen LogP contribution is 2.28. The van der Waals surface area contributed by atoms with E-state index in [0.717, 1.165) is 42.8 Å². The minimum absolute atomic E-state index is 0.162. The van der Waals surface area contributed by atoms with E-state index >= 15 is 0 Å². The van der Waals surface area contributed by atoms with Crippen LogP contribution in [0, 0.1) is 5.82 Å². The number of hydrogen-bond donors (Lipinski definition) is 0. The maximum atomic E-state index is 14.1. The van der Waals surface area contributed by atoms with Crippen LogP contribution in [0.4, 0.5) is 15.9 Å². The molecule has 0 aliphatic carbocycles. The third-order valence-electron chi connectivity index (χ3n) is 5.68. The molecule has 1 aromatic heterocycles. The Morgan fingerprint density at radius 3 is 2.42 bits per heavy atom. The van der Waals surface area contributed by atoms with Crippen molar-refractivity contribution in [3.63, 3.8) is 0 Å². The molecule has 6 heteroatoms. The number of halogens is 1. The first kappa shape index (κ1) is 19.8. The van der Waals surface area contributed by atoms with Gasteiger partial charge in [-0.25, -0.2) is 14.4 Å². The van der Waals surface area contributed by atoms with Crippen LogP contribution in [0.1, 0.15) is 5.56 Å². The fourth-order valence-corrected chi connectivity index (χ4v) is 4.90. The van der Waals surface area contributed by atoms with Crippen LogP contribution in [0.25, 0.3) is 10.8 Å². The number of anilines is 2. The molecular weight excluding hydrogens is 407 g/mol. The third kappa shape index (κ3) is 4.35. The molecule has 0 amide bonds. The Morgan fingerprint density at radius 1 is 0.806 bits per heavy atom. The predicted molar refractivity (Wildman–Crippen MR) is 126 cm³/mol. The maximum Gasteiger partial charge on any atom is 0.146 e. The lowest BCUT2D eigenvalue weighted by Gasteiger charge is -2.36. The van der Waals surface area contributed by atoms with Gasteiger partial charge in [0.05, 0.1) is 5.69 Å². The molecule has 31 heavy (non-hydrogen) atoms. The van der Waals surface area contributed by atoms with Crippen molar-refractivity contribution in [3.05, 3.63) is 90.5 Å². The highest BCUT2D eigenvalue weighted by molar-refractivity contribution is 7.98. The molecule has 0 atom stereocenters. The molecular formula is C25H23FN4S. The molecule has 0 spiro atoms. The third-order valence-corrected chi connectivity index (χ3v) is 6.65. The fraction of sp³-hybridized carbons (Fsp3) is 0.200. The van der Waals surface area contributed by atoms with E-state index in [1.165, 1.54) is 22.4 Å². The van der Waals surface area contributed by atoms with Gasteiger partial charge in [-0.1, -0.05) is 54.6 Å². The molecule has 4 nitrogen and oxygen atoms in total. The Morgan fingerprint density at radius 2 is 1.55 bits per heavy atom. The highest BCUT2D eigenvalue weighted by Gasteiger charge is 2.20. The average molecular weight is 431 g/mol. The molecule has 156 valence electrons. The Balaban J connectivity index is 1.25. The van der Waals surface area contributed by atoms with Gasteiger partial charge >= 0.3 is 0 Å². The summed E-state index contributed by atoms with van der Waals surface area (Å²) < 4.78 is 14.1. The Hall–Kier alpha value is -3.12. The highest BCUT2D eigenvalue weighted by atomic mass is 32.2. The smallest absolute Gasteiger partial charge is 0.146 e. The predicted octanol–water partition coefficient (Wildman–Crippen LogP) is 5.39. The molecule has 1 aliphatic rings. The van der Waals surface area contributed by atoms with Crippen molar-refractivity contribution in [3.8, 4) is 0 Å². The fourth-order valence-electron chi connectivity index (χ4n) is 4.04. The van der Waals surface area contributed by atoms with E-state index in [-0.39, 0.29) is 5.82 Å². The first-order valence-corrected chi connectivity index (χ1v) is 11.4. The second-order valence-corrected chi connectivity index (χ2v) is 8.56.